The molecule has 116 valence electrons. The van der Waals surface area contributed by atoms with Gasteiger partial charge in [-0.15, -0.1) is 11.3 Å². The molecular weight excluding hydrogens is 310 g/mol. The molecule has 0 bridgehead atoms. The van der Waals surface area contributed by atoms with E-state index in [2.05, 4.69) is 15.0 Å². The van der Waals surface area contributed by atoms with Crippen LogP contribution in [0.4, 0.5) is 0 Å². The second kappa shape index (κ2) is 5.38. The Hall–Kier alpha value is -2.34. The maximum atomic E-state index is 11.5. The normalized spacial score (nSPS) is 19.7. The summed E-state index contributed by atoms with van der Waals surface area (Å²) in [4.78, 5) is 26.0. The van der Waals surface area contributed by atoms with Crippen LogP contribution in [0.15, 0.2) is 29.8 Å². The van der Waals surface area contributed by atoms with Crippen LogP contribution < -0.4 is 0 Å². The van der Waals surface area contributed by atoms with Gasteiger partial charge in [0.1, 0.15) is 16.2 Å². The SMILES string of the molecule is COC(=O)c1ccc(C2CC2c2nc(C)nc3scnc23)cc1. The van der Waals surface area contributed by atoms with Gasteiger partial charge in [0.05, 0.1) is 23.9 Å². The first-order valence-corrected chi connectivity index (χ1v) is 8.31. The van der Waals surface area contributed by atoms with E-state index in [9.17, 15) is 4.79 Å². The molecule has 1 aromatic carbocycles. The van der Waals surface area contributed by atoms with Gasteiger partial charge in [-0.3, -0.25) is 0 Å². The number of aryl methyl sites for hydroxylation is 1. The van der Waals surface area contributed by atoms with Gasteiger partial charge in [0.25, 0.3) is 0 Å². The van der Waals surface area contributed by atoms with Crippen molar-refractivity contribution in [2.24, 2.45) is 0 Å². The zero-order chi connectivity index (χ0) is 16.0. The molecule has 1 aliphatic rings. The first kappa shape index (κ1) is 14.3. The van der Waals surface area contributed by atoms with E-state index in [1.807, 2.05) is 36.7 Å². The van der Waals surface area contributed by atoms with Crippen LogP contribution in [0.2, 0.25) is 0 Å². The standard InChI is InChI=1S/C17H15N3O2S/c1-9-19-14(15-16(20-9)23-8-18-15)13-7-12(13)10-3-5-11(6-4-10)17(21)22-2/h3-6,8,12-13H,7H2,1-2H3. The average molecular weight is 325 g/mol. The Balaban J connectivity index is 1.62. The number of carbonyl (C=O) groups is 1. The van der Waals surface area contributed by atoms with Crippen LogP contribution in [0, 0.1) is 6.92 Å². The number of thiazole rings is 1. The Morgan fingerprint density at radius 1 is 1.22 bits per heavy atom. The van der Waals surface area contributed by atoms with E-state index in [4.69, 9.17) is 4.74 Å². The van der Waals surface area contributed by atoms with E-state index in [-0.39, 0.29) is 5.97 Å². The van der Waals surface area contributed by atoms with E-state index in [0.29, 0.717) is 17.4 Å². The van der Waals surface area contributed by atoms with Gasteiger partial charge < -0.3 is 4.74 Å². The Morgan fingerprint density at radius 2 is 2.00 bits per heavy atom. The third-order valence-corrected chi connectivity index (χ3v) is 4.96. The Bertz CT molecular complexity index is 888. The lowest BCUT2D eigenvalue weighted by Crippen LogP contribution is -2.01. The number of methoxy groups -OCH3 is 1. The summed E-state index contributed by atoms with van der Waals surface area (Å²) >= 11 is 1.55. The molecule has 1 aliphatic carbocycles. The molecule has 6 heteroatoms. The van der Waals surface area contributed by atoms with Crippen LogP contribution in [-0.2, 0) is 4.74 Å². The molecule has 0 amide bonds. The molecule has 4 rings (SSSR count). The van der Waals surface area contributed by atoms with Crippen molar-refractivity contribution < 1.29 is 9.53 Å². The quantitative estimate of drug-likeness (QED) is 0.690. The highest BCUT2D eigenvalue weighted by Crippen LogP contribution is 2.55. The molecular formula is C17H15N3O2S. The van der Waals surface area contributed by atoms with Gasteiger partial charge in [-0.1, -0.05) is 12.1 Å². The molecule has 23 heavy (non-hydrogen) atoms. The Kier molecular flexibility index (Phi) is 3.34. The Morgan fingerprint density at radius 3 is 2.74 bits per heavy atom. The van der Waals surface area contributed by atoms with Gasteiger partial charge in [0.2, 0.25) is 0 Å². The zero-order valence-electron chi connectivity index (χ0n) is 12.8. The van der Waals surface area contributed by atoms with Crippen molar-refractivity contribution in [3.05, 3.63) is 52.4 Å². The molecule has 5 nitrogen and oxygen atoms in total. The first-order chi connectivity index (χ1) is 11.2. The molecule has 0 N–H and O–H groups in total. The number of esters is 1. The molecule has 1 fully saturated rings. The van der Waals surface area contributed by atoms with Crippen LogP contribution in [0.1, 0.15) is 45.7 Å². The van der Waals surface area contributed by atoms with Crippen LogP contribution in [-0.4, -0.2) is 28.0 Å². The van der Waals surface area contributed by atoms with E-state index in [1.54, 1.807) is 11.3 Å². The minimum atomic E-state index is -0.306. The number of aromatic nitrogens is 3. The predicted molar refractivity (Wildman–Crippen MR) is 87.8 cm³/mol. The molecule has 1 saturated carbocycles. The van der Waals surface area contributed by atoms with Gasteiger partial charge in [0, 0.05) is 5.92 Å². The highest BCUT2D eigenvalue weighted by atomic mass is 32.1. The number of hydrogen-bond donors (Lipinski definition) is 0. The lowest BCUT2D eigenvalue weighted by molar-refractivity contribution is 0.0600. The Labute approximate surface area is 137 Å². The van der Waals surface area contributed by atoms with E-state index < -0.39 is 0 Å². The molecule has 0 saturated heterocycles. The maximum Gasteiger partial charge on any atom is 0.337 e. The largest absolute Gasteiger partial charge is 0.465 e. The van der Waals surface area contributed by atoms with E-state index >= 15 is 0 Å². The molecule has 2 aromatic heterocycles. The minimum absolute atomic E-state index is 0.306. The van der Waals surface area contributed by atoms with Gasteiger partial charge in [-0.05, 0) is 37.0 Å². The summed E-state index contributed by atoms with van der Waals surface area (Å²) < 4.78 is 4.73. The molecule has 0 radical (unpaired) electrons. The number of ether oxygens (including phenoxy) is 1. The van der Waals surface area contributed by atoms with Gasteiger partial charge in [-0.2, -0.15) is 0 Å². The van der Waals surface area contributed by atoms with Crippen molar-refractivity contribution in [2.75, 3.05) is 7.11 Å². The topological polar surface area (TPSA) is 65.0 Å². The fourth-order valence-electron chi connectivity index (χ4n) is 3.00. The van der Waals surface area contributed by atoms with Gasteiger partial charge in [0.15, 0.2) is 0 Å². The number of carbonyl (C=O) groups excluding carboxylic acids is 1. The van der Waals surface area contributed by atoms with Crippen molar-refractivity contribution in [1.82, 2.24) is 15.0 Å². The molecule has 2 unspecified atom stereocenters. The number of benzene rings is 1. The average Bonchev–Trinajstić information content (AvgIpc) is 3.23. The predicted octanol–water partition coefficient (Wildman–Crippen LogP) is 3.45. The van der Waals surface area contributed by atoms with Crippen molar-refractivity contribution >= 4 is 27.7 Å². The summed E-state index contributed by atoms with van der Waals surface area (Å²) in [6, 6.07) is 7.65. The van der Waals surface area contributed by atoms with Crippen LogP contribution in [0.25, 0.3) is 10.3 Å². The first-order valence-electron chi connectivity index (χ1n) is 7.43. The maximum absolute atomic E-state index is 11.5. The fourth-order valence-corrected chi connectivity index (χ4v) is 3.71. The third kappa shape index (κ3) is 2.49. The van der Waals surface area contributed by atoms with Crippen LogP contribution >= 0.6 is 11.3 Å². The second-order valence-electron chi connectivity index (χ2n) is 5.72. The number of fused-ring (bicyclic) bond motifs is 1. The van der Waals surface area contributed by atoms with Crippen molar-refractivity contribution in [3.63, 3.8) is 0 Å². The number of nitrogens with zero attached hydrogens (tertiary/aromatic N) is 3. The summed E-state index contributed by atoms with van der Waals surface area (Å²) in [6.07, 6.45) is 1.06. The van der Waals surface area contributed by atoms with Gasteiger partial charge in [-0.25, -0.2) is 19.7 Å². The summed E-state index contributed by atoms with van der Waals surface area (Å²) in [5, 5.41) is 0. The number of rotatable bonds is 3. The third-order valence-electron chi connectivity index (χ3n) is 4.24. The smallest absolute Gasteiger partial charge is 0.337 e. The van der Waals surface area contributed by atoms with Crippen molar-refractivity contribution in [2.45, 2.75) is 25.2 Å². The molecule has 2 atom stereocenters. The molecule has 0 aliphatic heterocycles. The lowest BCUT2D eigenvalue weighted by Gasteiger charge is -2.04. The lowest BCUT2D eigenvalue weighted by atomic mass is 10.1. The monoisotopic (exact) mass is 325 g/mol. The summed E-state index contributed by atoms with van der Waals surface area (Å²) in [7, 11) is 1.39. The van der Waals surface area contributed by atoms with E-state index in [0.717, 1.165) is 28.3 Å². The summed E-state index contributed by atoms with van der Waals surface area (Å²) in [5.41, 5.74) is 5.61. The second-order valence-corrected chi connectivity index (χ2v) is 6.56. The summed E-state index contributed by atoms with van der Waals surface area (Å²) in [6.45, 7) is 1.92. The summed E-state index contributed by atoms with van der Waals surface area (Å²) in [5.74, 6) is 1.30. The fraction of sp³-hybridized carbons (Fsp3) is 0.294. The molecule has 3 aromatic rings. The van der Waals surface area contributed by atoms with Crippen LogP contribution in [0.5, 0.6) is 0 Å². The van der Waals surface area contributed by atoms with Crippen molar-refractivity contribution in [1.29, 1.82) is 0 Å². The number of hydrogen-bond acceptors (Lipinski definition) is 6. The van der Waals surface area contributed by atoms with E-state index in [1.165, 1.54) is 12.7 Å². The highest BCUT2D eigenvalue weighted by molar-refractivity contribution is 7.16. The highest BCUT2D eigenvalue weighted by Gasteiger charge is 2.42. The minimum Gasteiger partial charge on any atom is -0.465 e. The molecule has 2 heterocycles. The van der Waals surface area contributed by atoms with Crippen molar-refractivity contribution in [3.8, 4) is 0 Å². The zero-order valence-corrected chi connectivity index (χ0v) is 13.6. The van der Waals surface area contributed by atoms with Crippen LogP contribution in [0.3, 0.4) is 0 Å². The molecule has 0 spiro atoms. The van der Waals surface area contributed by atoms with Gasteiger partial charge >= 0.3 is 5.97 Å².